The van der Waals surface area contributed by atoms with E-state index in [-0.39, 0.29) is 6.09 Å². The first-order chi connectivity index (χ1) is 13.3. The average Bonchev–Trinajstić information content (AvgIpc) is 3.08. The van der Waals surface area contributed by atoms with Gasteiger partial charge >= 0.3 is 6.09 Å². The smallest absolute Gasteiger partial charge is 0.407 e. The van der Waals surface area contributed by atoms with Crippen LogP contribution in [-0.4, -0.2) is 46.4 Å². The largest absolute Gasteiger partial charge is 0.444 e. The fourth-order valence-electron chi connectivity index (χ4n) is 3.14. The molecule has 1 aromatic heterocycles. The number of amides is 1. The Labute approximate surface area is 170 Å². The molecule has 1 saturated heterocycles. The van der Waals surface area contributed by atoms with Gasteiger partial charge in [0.15, 0.2) is 0 Å². The average molecular weight is 407 g/mol. The van der Waals surface area contributed by atoms with Crippen LogP contribution in [0.3, 0.4) is 0 Å². The Balaban J connectivity index is 1.44. The summed E-state index contributed by atoms with van der Waals surface area (Å²) in [6.07, 6.45) is 1.65. The van der Waals surface area contributed by atoms with Crippen molar-refractivity contribution in [2.45, 2.75) is 45.8 Å². The fraction of sp³-hybridized carbons (Fsp3) is 0.550. The molecule has 3 rings (SSSR count). The molecule has 2 aromatic rings. The van der Waals surface area contributed by atoms with Gasteiger partial charge in [-0.25, -0.2) is 4.79 Å². The maximum Gasteiger partial charge on any atom is 0.407 e. The summed E-state index contributed by atoms with van der Waals surface area (Å²) in [5.74, 6) is 1.47. The van der Waals surface area contributed by atoms with E-state index in [1.807, 2.05) is 39.0 Å². The Morgan fingerprint density at radius 3 is 2.68 bits per heavy atom. The van der Waals surface area contributed by atoms with Crippen molar-refractivity contribution in [2.24, 2.45) is 5.92 Å². The molecule has 152 valence electrons. The van der Waals surface area contributed by atoms with Gasteiger partial charge in [0.2, 0.25) is 11.8 Å². The Bertz CT molecular complexity index is 795. The number of piperidine rings is 1. The minimum absolute atomic E-state index is 0.354. The van der Waals surface area contributed by atoms with Gasteiger partial charge < -0.3 is 14.5 Å². The lowest BCUT2D eigenvalue weighted by Crippen LogP contribution is -2.40. The number of hydrogen-bond donors (Lipinski definition) is 1. The highest BCUT2D eigenvalue weighted by Crippen LogP contribution is 2.27. The molecule has 7 nitrogen and oxygen atoms in total. The summed E-state index contributed by atoms with van der Waals surface area (Å²) in [5, 5.41) is 11.7. The van der Waals surface area contributed by atoms with Crippen molar-refractivity contribution in [3.05, 3.63) is 35.2 Å². The lowest BCUT2D eigenvalue weighted by Gasteiger charge is -2.31. The highest BCUT2D eigenvalue weighted by Gasteiger charge is 2.23. The Morgan fingerprint density at radius 2 is 2.00 bits per heavy atom. The number of rotatable bonds is 5. The number of halogens is 1. The van der Waals surface area contributed by atoms with Gasteiger partial charge in [0.05, 0.1) is 17.1 Å². The summed E-state index contributed by atoms with van der Waals surface area (Å²) in [4.78, 5) is 14.1. The van der Waals surface area contributed by atoms with Crippen molar-refractivity contribution >= 4 is 17.7 Å². The number of carbonyl (C=O) groups excluding carboxylic acids is 1. The van der Waals surface area contributed by atoms with Gasteiger partial charge in [0, 0.05) is 6.54 Å². The molecule has 1 aromatic carbocycles. The molecule has 0 spiro atoms. The van der Waals surface area contributed by atoms with Crippen LogP contribution in [0.1, 0.15) is 39.5 Å². The molecule has 1 amide bonds. The molecule has 0 atom stereocenters. The maximum absolute atomic E-state index is 11.8. The number of benzene rings is 1. The first-order valence-electron chi connectivity index (χ1n) is 9.56. The van der Waals surface area contributed by atoms with Crippen LogP contribution in [-0.2, 0) is 11.3 Å². The number of alkyl carbamates (subject to hydrolysis) is 1. The molecule has 0 bridgehead atoms. The van der Waals surface area contributed by atoms with E-state index in [2.05, 4.69) is 20.4 Å². The second-order valence-electron chi connectivity index (χ2n) is 8.08. The summed E-state index contributed by atoms with van der Waals surface area (Å²) < 4.78 is 11.1. The van der Waals surface area contributed by atoms with Crippen LogP contribution in [0.5, 0.6) is 0 Å². The number of likely N-dealkylation sites (tertiary alicyclic amines) is 1. The van der Waals surface area contributed by atoms with Crippen LogP contribution in [0, 0.1) is 5.92 Å². The van der Waals surface area contributed by atoms with Gasteiger partial charge in [0.1, 0.15) is 5.60 Å². The number of aromatic nitrogens is 2. The lowest BCUT2D eigenvalue weighted by atomic mass is 9.97. The quantitative estimate of drug-likeness (QED) is 0.804. The summed E-state index contributed by atoms with van der Waals surface area (Å²) >= 11 is 6.19. The minimum Gasteiger partial charge on any atom is -0.444 e. The molecule has 0 saturated carbocycles. The zero-order chi connectivity index (χ0) is 20.1. The monoisotopic (exact) mass is 406 g/mol. The van der Waals surface area contributed by atoms with E-state index in [0.29, 0.717) is 35.8 Å². The molecule has 0 radical (unpaired) electrons. The molecule has 1 N–H and O–H groups in total. The summed E-state index contributed by atoms with van der Waals surface area (Å²) in [6, 6.07) is 7.42. The predicted molar refractivity (Wildman–Crippen MR) is 107 cm³/mol. The molecule has 0 aliphatic carbocycles. The second kappa shape index (κ2) is 8.92. The molecular weight excluding hydrogens is 380 g/mol. The van der Waals surface area contributed by atoms with Crippen LogP contribution >= 0.6 is 11.6 Å². The van der Waals surface area contributed by atoms with Crippen LogP contribution in [0.4, 0.5) is 4.79 Å². The Kier molecular flexibility index (Phi) is 6.57. The zero-order valence-electron chi connectivity index (χ0n) is 16.6. The lowest BCUT2D eigenvalue weighted by molar-refractivity contribution is 0.0509. The van der Waals surface area contributed by atoms with E-state index >= 15 is 0 Å². The van der Waals surface area contributed by atoms with Gasteiger partial charge in [-0.15, -0.1) is 10.2 Å². The van der Waals surface area contributed by atoms with E-state index in [1.54, 1.807) is 6.07 Å². The first kappa shape index (κ1) is 20.6. The van der Waals surface area contributed by atoms with Crippen molar-refractivity contribution in [3.63, 3.8) is 0 Å². The van der Waals surface area contributed by atoms with Crippen molar-refractivity contribution in [2.75, 3.05) is 19.6 Å². The van der Waals surface area contributed by atoms with Gasteiger partial charge in [-0.2, -0.15) is 0 Å². The Hall–Kier alpha value is -2.12. The van der Waals surface area contributed by atoms with Crippen molar-refractivity contribution < 1.29 is 13.9 Å². The zero-order valence-corrected chi connectivity index (χ0v) is 17.3. The van der Waals surface area contributed by atoms with E-state index in [9.17, 15) is 4.79 Å². The van der Waals surface area contributed by atoms with Crippen molar-refractivity contribution in [3.8, 4) is 11.5 Å². The summed E-state index contributed by atoms with van der Waals surface area (Å²) in [5.41, 5.74) is 0.273. The molecule has 8 heteroatoms. The second-order valence-corrected chi connectivity index (χ2v) is 8.49. The predicted octanol–water partition coefficient (Wildman–Crippen LogP) is 4.13. The molecule has 28 heavy (non-hydrogen) atoms. The van der Waals surface area contributed by atoms with Crippen molar-refractivity contribution in [1.82, 2.24) is 20.4 Å². The third-order valence-electron chi connectivity index (χ3n) is 4.57. The third kappa shape index (κ3) is 5.94. The highest BCUT2D eigenvalue weighted by molar-refractivity contribution is 6.33. The van der Waals surface area contributed by atoms with Crippen LogP contribution < -0.4 is 5.32 Å². The summed E-state index contributed by atoms with van der Waals surface area (Å²) in [6.45, 7) is 8.68. The van der Waals surface area contributed by atoms with Crippen LogP contribution in [0.2, 0.25) is 5.02 Å². The van der Waals surface area contributed by atoms with Crippen LogP contribution in [0.15, 0.2) is 28.7 Å². The minimum atomic E-state index is -0.472. The molecule has 2 heterocycles. The number of hydrogen-bond acceptors (Lipinski definition) is 6. The van der Waals surface area contributed by atoms with E-state index in [4.69, 9.17) is 20.8 Å². The van der Waals surface area contributed by atoms with E-state index < -0.39 is 5.60 Å². The van der Waals surface area contributed by atoms with E-state index in [1.165, 1.54) is 0 Å². The molecule has 1 aliphatic rings. The van der Waals surface area contributed by atoms with Crippen LogP contribution in [0.25, 0.3) is 11.5 Å². The standard InChI is InChI=1S/C20H27ClN4O3/c1-20(2,3)28-19(26)22-12-14-8-10-25(11-9-14)13-17-23-24-18(27-17)15-6-4-5-7-16(15)21/h4-7,14H,8-13H2,1-3H3,(H,22,26). The third-order valence-corrected chi connectivity index (χ3v) is 4.90. The number of carbonyl (C=O) groups is 1. The molecular formula is C20H27ClN4O3. The summed E-state index contributed by atoms with van der Waals surface area (Å²) in [7, 11) is 0. The molecule has 1 fully saturated rings. The van der Waals surface area contributed by atoms with Gasteiger partial charge in [-0.1, -0.05) is 23.7 Å². The Morgan fingerprint density at radius 1 is 1.29 bits per heavy atom. The number of ether oxygens (including phenoxy) is 1. The fourth-order valence-corrected chi connectivity index (χ4v) is 3.36. The SMILES string of the molecule is CC(C)(C)OC(=O)NCC1CCN(Cc2nnc(-c3ccccc3Cl)o2)CC1. The highest BCUT2D eigenvalue weighted by atomic mass is 35.5. The van der Waals surface area contributed by atoms with Gasteiger partial charge in [0.25, 0.3) is 0 Å². The first-order valence-corrected chi connectivity index (χ1v) is 9.94. The molecule has 1 aliphatic heterocycles. The topological polar surface area (TPSA) is 80.5 Å². The maximum atomic E-state index is 11.8. The normalized spacial score (nSPS) is 16.1. The number of nitrogens with zero attached hydrogens (tertiary/aromatic N) is 3. The van der Waals surface area contributed by atoms with Gasteiger partial charge in [-0.3, -0.25) is 4.90 Å². The molecule has 0 unspecified atom stereocenters. The number of nitrogens with one attached hydrogen (secondary N) is 1. The van der Waals surface area contributed by atoms with Gasteiger partial charge in [-0.05, 0) is 64.8 Å². The van der Waals surface area contributed by atoms with Crippen molar-refractivity contribution in [1.29, 1.82) is 0 Å². The van der Waals surface area contributed by atoms with E-state index in [0.717, 1.165) is 31.5 Å².